The minimum Gasteiger partial charge on any atom is -0.347 e. The number of aromatic nitrogens is 5. The molecule has 3 heterocycles. The fourth-order valence-corrected chi connectivity index (χ4v) is 4.67. The first-order valence-electron chi connectivity index (χ1n) is 10.8. The molecule has 1 amide bonds. The smallest absolute Gasteiger partial charge is 0.254 e. The van der Waals surface area contributed by atoms with Crippen LogP contribution in [0.3, 0.4) is 0 Å². The molecule has 1 saturated heterocycles. The first kappa shape index (κ1) is 20.9. The van der Waals surface area contributed by atoms with Crippen molar-refractivity contribution >= 4 is 18.1 Å². The molecule has 3 atom stereocenters. The maximum atomic E-state index is 14.9. The number of hydrogen-bond donors (Lipinski definition) is 1. The Morgan fingerprint density at radius 1 is 1.39 bits per heavy atom. The van der Waals surface area contributed by atoms with Gasteiger partial charge in [-0.25, -0.2) is 4.39 Å². The second-order valence-electron chi connectivity index (χ2n) is 8.50. The van der Waals surface area contributed by atoms with Crippen LogP contribution in [0.15, 0.2) is 36.8 Å². The van der Waals surface area contributed by atoms with Gasteiger partial charge in [-0.15, -0.1) is 5.10 Å². The van der Waals surface area contributed by atoms with Crippen LogP contribution >= 0.6 is 0 Å². The summed E-state index contributed by atoms with van der Waals surface area (Å²) >= 11 is 0. The van der Waals surface area contributed by atoms with E-state index in [0.717, 1.165) is 22.6 Å². The van der Waals surface area contributed by atoms with Crippen LogP contribution in [0.1, 0.15) is 34.7 Å². The predicted molar refractivity (Wildman–Crippen MR) is 117 cm³/mol. The lowest BCUT2D eigenvalue weighted by Crippen LogP contribution is -2.36. The Balaban J connectivity index is 1.27. The molecule has 168 valence electrons. The Morgan fingerprint density at radius 3 is 3.03 bits per heavy atom. The molecule has 0 bridgehead atoms. The zero-order chi connectivity index (χ0) is 22.9. The number of benzene rings is 1. The number of amides is 1. The molecule has 0 radical (unpaired) electrons. The zero-order valence-electron chi connectivity index (χ0n) is 18.1. The molecular formula is C23H23FN8O. The molecule has 0 spiro atoms. The van der Waals surface area contributed by atoms with Crippen molar-refractivity contribution in [3.8, 4) is 6.19 Å². The molecule has 1 fully saturated rings. The van der Waals surface area contributed by atoms with Crippen molar-refractivity contribution in [1.82, 2.24) is 35.0 Å². The Bertz CT molecular complexity index is 1340. The number of rotatable bonds is 5. The maximum absolute atomic E-state index is 14.9. The predicted octanol–water partition coefficient (Wildman–Crippen LogP) is 0.253. The number of aryl methyl sites for hydroxylation is 1. The lowest BCUT2D eigenvalue weighted by Gasteiger charge is -2.16. The molecule has 2 aliphatic rings. The molecular weight excluding hydrogens is 423 g/mol. The second-order valence-corrected chi connectivity index (χ2v) is 8.50. The lowest BCUT2D eigenvalue weighted by molar-refractivity contribution is 0.0934. The first-order valence-corrected chi connectivity index (χ1v) is 10.8. The molecule has 33 heavy (non-hydrogen) atoms. The number of nitrogens with one attached hydrogen (secondary N) is 1. The topological polar surface area (TPSA) is 105 Å². The van der Waals surface area contributed by atoms with Crippen molar-refractivity contribution in [2.75, 3.05) is 6.54 Å². The molecule has 0 saturated carbocycles. The van der Waals surface area contributed by atoms with Crippen LogP contribution in [0.25, 0.3) is 12.2 Å². The largest absolute Gasteiger partial charge is 0.347 e. The fourth-order valence-electron chi connectivity index (χ4n) is 4.67. The summed E-state index contributed by atoms with van der Waals surface area (Å²) in [6.45, 7) is 0.873. The molecule has 5 rings (SSSR count). The summed E-state index contributed by atoms with van der Waals surface area (Å²) in [5, 5.41) is 26.4. The molecule has 1 unspecified atom stereocenters. The van der Waals surface area contributed by atoms with Crippen molar-refractivity contribution in [2.45, 2.75) is 37.4 Å². The van der Waals surface area contributed by atoms with Gasteiger partial charge in [-0.2, -0.15) is 10.4 Å². The molecule has 10 heteroatoms. The number of carbonyl (C=O) groups excluding carboxylic acids is 1. The maximum Gasteiger partial charge on any atom is 0.254 e. The molecule has 1 aliphatic carbocycles. The molecule has 1 aromatic carbocycles. The average Bonchev–Trinajstić information content (AvgIpc) is 3.55. The summed E-state index contributed by atoms with van der Waals surface area (Å²) in [5.74, 6) is -0.994. The van der Waals surface area contributed by atoms with E-state index in [2.05, 4.69) is 39.1 Å². The van der Waals surface area contributed by atoms with E-state index in [-0.39, 0.29) is 23.6 Å². The van der Waals surface area contributed by atoms with Crippen molar-refractivity contribution in [1.29, 1.82) is 5.26 Å². The fraction of sp³-hybridized carbons (Fsp3) is 0.348. The summed E-state index contributed by atoms with van der Waals surface area (Å²) in [5.41, 5.74) is 0.822. The van der Waals surface area contributed by atoms with Gasteiger partial charge < -0.3 is 10.2 Å². The third-order valence-corrected chi connectivity index (χ3v) is 6.37. The van der Waals surface area contributed by atoms with Crippen LogP contribution in [-0.4, -0.2) is 54.2 Å². The third-order valence-electron chi connectivity index (χ3n) is 6.37. The average molecular weight is 446 g/mol. The van der Waals surface area contributed by atoms with E-state index in [1.807, 2.05) is 11.7 Å². The van der Waals surface area contributed by atoms with Gasteiger partial charge in [-0.3, -0.25) is 14.2 Å². The Labute approximate surface area is 189 Å². The van der Waals surface area contributed by atoms with E-state index in [1.54, 1.807) is 34.2 Å². The van der Waals surface area contributed by atoms with E-state index in [4.69, 9.17) is 0 Å². The van der Waals surface area contributed by atoms with E-state index in [0.29, 0.717) is 19.5 Å². The van der Waals surface area contributed by atoms with Crippen LogP contribution in [0.5, 0.6) is 0 Å². The van der Waals surface area contributed by atoms with Crippen LogP contribution < -0.4 is 15.9 Å². The second kappa shape index (κ2) is 8.50. The van der Waals surface area contributed by atoms with E-state index >= 15 is 0 Å². The number of nitriles is 1. The van der Waals surface area contributed by atoms with Crippen molar-refractivity contribution in [3.05, 3.63) is 64.3 Å². The summed E-state index contributed by atoms with van der Waals surface area (Å²) in [4.78, 5) is 14.4. The highest BCUT2D eigenvalue weighted by Gasteiger charge is 2.33. The summed E-state index contributed by atoms with van der Waals surface area (Å²) in [6.07, 6.45) is 12.8. The highest BCUT2D eigenvalue weighted by atomic mass is 19.1. The highest BCUT2D eigenvalue weighted by Crippen LogP contribution is 2.25. The summed E-state index contributed by atoms with van der Waals surface area (Å²) < 4.78 is 18.4. The molecule has 9 nitrogen and oxygen atoms in total. The molecule has 1 aliphatic heterocycles. The van der Waals surface area contributed by atoms with E-state index in [1.165, 1.54) is 12.1 Å². The number of hydrogen-bond acceptors (Lipinski definition) is 6. The van der Waals surface area contributed by atoms with E-state index < -0.39 is 11.7 Å². The quantitative estimate of drug-likeness (QED) is 0.564. The minimum absolute atomic E-state index is 0.00356. The summed E-state index contributed by atoms with van der Waals surface area (Å²) in [7, 11) is 1.90. The Hall–Kier alpha value is -4.00. The SMILES string of the molecule is Cn1ncc2c1=CCC(c1ccc(C(=O)N[C@@H]3C[C@@H](Cn4ccnn4)N(C#N)C3)c(F)c1)C=2. The van der Waals surface area contributed by atoms with Crippen LogP contribution in [0.4, 0.5) is 4.39 Å². The number of likely N-dealkylation sites (tertiary alicyclic amines) is 1. The van der Waals surface area contributed by atoms with Gasteiger partial charge in [-0.1, -0.05) is 23.4 Å². The highest BCUT2D eigenvalue weighted by molar-refractivity contribution is 5.94. The molecule has 2 aromatic heterocycles. The lowest BCUT2D eigenvalue weighted by atomic mass is 9.91. The zero-order valence-corrected chi connectivity index (χ0v) is 18.1. The monoisotopic (exact) mass is 446 g/mol. The van der Waals surface area contributed by atoms with Crippen LogP contribution in [0, 0.1) is 17.3 Å². The molecule has 1 N–H and O–H groups in total. The van der Waals surface area contributed by atoms with Crippen LogP contribution in [0.2, 0.25) is 0 Å². The minimum atomic E-state index is -0.551. The van der Waals surface area contributed by atoms with Gasteiger partial charge in [0.1, 0.15) is 5.82 Å². The standard InChI is InChI=1S/C23H23FN8O/c1-30-22-5-3-15(8-17(22)11-27-30)16-2-4-20(21(24)9-16)23(33)28-18-10-19(31(12-18)14-25)13-32-7-6-26-29-32/h2,4-9,11,15,18-19H,3,10,12-13H2,1H3,(H,28,33)/t15?,18-,19+/m1/s1. The van der Waals surface area contributed by atoms with Gasteiger partial charge in [0.15, 0.2) is 6.19 Å². The van der Waals surface area contributed by atoms with Crippen LogP contribution in [-0.2, 0) is 13.6 Å². The van der Waals surface area contributed by atoms with E-state index in [9.17, 15) is 14.4 Å². The normalized spacial score (nSPS) is 21.6. The van der Waals surface area contributed by atoms with Gasteiger partial charge in [0.25, 0.3) is 5.91 Å². The number of carbonyl (C=O) groups is 1. The Morgan fingerprint density at radius 2 is 2.27 bits per heavy atom. The van der Waals surface area contributed by atoms with Gasteiger partial charge >= 0.3 is 0 Å². The van der Waals surface area contributed by atoms with Gasteiger partial charge in [0.2, 0.25) is 0 Å². The number of fused-ring (bicyclic) bond motifs is 1. The Kier molecular flexibility index (Phi) is 5.38. The first-order chi connectivity index (χ1) is 16.0. The van der Waals surface area contributed by atoms with Crippen molar-refractivity contribution in [2.24, 2.45) is 7.05 Å². The van der Waals surface area contributed by atoms with Crippen molar-refractivity contribution < 1.29 is 9.18 Å². The van der Waals surface area contributed by atoms with Crippen molar-refractivity contribution in [3.63, 3.8) is 0 Å². The third kappa shape index (κ3) is 4.09. The van der Waals surface area contributed by atoms with Gasteiger partial charge in [0, 0.05) is 37.0 Å². The number of nitrogens with zero attached hydrogens (tertiary/aromatic N) is 7. The summed E-state index contributed by atoms with van der Waals surface area (Å²) in [6, 6.07) is 4.42. The van der Waals surface area contributed by atoms with Gasteiger partial charge in [-0.05, 0) is 30.5 Å². The number of halogens is 1. The van der Waals surface area contributed by atoms with Gasteiger partial charge in [0.05, 0.1) is 35.9 Å². The molecule has 3 aromatic rings.